The maximum absolute atomic E-state index is 12.8. The Bertz CT molecular complexity index is 1390. The number of fused-ring (bicyclic) bond motifs is 1. The molecule has 1 aromatic heterocycles. The molecule has 1 atom stereocenters. The van der Waals surface area contributed by atoms with Gasteiger partial charge in [0.15, 0.2) is 0 Å². The van der Waals surface area contributed by atoms with E-state index in [9.17, 15) is 19.2 Å². The first-order valence-electron chi connectivity index (χ1n) is 11.7. The molecular weight excluding hydrogens is 460 g/mol. The monoisotopic (exact) mass is 486 g/mol. The van der Waals surface area contributed by atoms with Crippen molar-refractivity contribution in [3.05, 3.63) is 53.6 Å². The summed E-state index contributed by atoms with van der Waals surface area (Å²) in [5, 5.41) is 11.7. The van der Waals surface area contributed by atoms with Gasteiger partial charge in [-0.3, -0.25) is 24.5 Å². The molecule has 0 radical (unpaired) electrons. The number of benzene rings is 2. The zero-order chi connectivity index (χ0) is 25.8. The van der Waals surface area contributed by atoms with Gasteiger partial charge in [0.2, 0.25) is 17.8 Å². The number of nitriles is 1. The fourth-order valence-corrected chi connectivity index (χ4v) is 4.34. The number of hydrogen-bond acceptors (Lipinski definition) is 6. The molecule has 1 saturated carbocycles. The Kier molecular flexibility index (Phi) is 7.10. The lowest BCUT2D eigenvalue weighted by molar-refractivity contribution is -0.125. The second-order valence-corrected chi connectivity index (χ2v) is 8.83. The molecule has 10 nitrogen and oxygen atoms in total. The van der Waals surface area contributed by atoms with Crippen LogP contribution in [0.15, 0.2) is 42.5 Å². The molecule has 10 heteroatoms. The predicted molar refractivity (Wildman–Crippen MR) is 133 cm³/mol. The molecule has 184 valence electrons. The minimum absolute atomic E-state index is 0.0424. The van der Waals surface area contributed by atoms with E-state index in [2.05, 4.69) is 10.3 Å². The highest BCUT2D eigenvalue weighted by molar-refractivity contribution is 6.04. The Labute approximate surface area is 207 Å². The van der Waals surface area contributed by atoms with E-state index in [0.717, 1.165) is 12.8 Å². The van der Waals surface area contributed by atoms with Gasteiger partial charge >= 0.3 is 0 Å². The predicted octanol–water partition coefficient (Wildman–Crippen LogP) is 2.76. The van der Waals surface area contributed by atoms with Gasteiger partial charge in [-0.1, -0.05) is 0 Å². The number of carbonyl (C=O) groups excluding carboxylic acids is 4. The number of carbonyl (C=O) groups is 4. The molecular formula is C26H26N6O4. The van der Waals surface area contributed by atoms with Crippen LogP contribution in [-0.2, 0) is 20.9 Å². The third kappa shape index (κ3) is 5.25. The number of nitrogens with one attached hydrogen (secondary N) is 1. The largest absolute Gasteiger partial charge is 0.370 e. The summed E-state index contributed by atoms with van der Waals surface area (Å²) >= 11 is 0. The maximum atomic E-state index is 12.8. The summed E-state index contributed by atoms with van der Waals surface area (Å²) < 4.78 is 1.68. The van der Waals surface area contributed by atoms with Crippen LogP contribution in [-0.4, -0.2) is 40.1 Å². The van der Waals surface area contributed by atoms with Crippen LogP contribution in [0.1, 0.15) is 48.0 Å². The molecule has 2 aromatic carbocycles. The van der Waals surface area contributed by atoms with Gasteiger partial charge in [-0.15, -0.1) is 0 Å². The molecule has 1 unspecified atom stereocenters. The molecule has 1 heterocycles. The number of nitrogens with zero attached hydrogens (tertiary/aromatic N) is 4. The smallest absolute Gasteiger partial charge is 0.257 e. The van der Waals surface area contributed by atoms with Crippen LogP contribution in [0.25, 0.3) is 11.0 Å². The third-order valence-electron chi connectivity index (χ3n) is 6.43. The van der Waals surface area contributed by atoms with Crippen molar-refractivity contribution in [1.82, 2.24) is 9.55 Å². The molecule has 1 fully saturated rings. The van der Waals surface area contributed by atoms with E-state index < -0.39 is 11.8 Å². The summed E-state index contributed by atoms with van der Waals surface area (Å²) in [6.07, 6.45) is 2.32. The highest BCUT2D eigenvalue weighted by atomic mass is 16.2. The Balaban J connectivity index is 1.60. The molecule has 36 heavy (non-hydrogen) atoms. The zero-order valence-electron chi connectivity index (χ0n) is 19.9. The van der Waals surface area contributed by atoms with Gasteiger partial charge in [-0.2, -0.15) is 5.26 Å². The van der Waals surface area contributed by atoms with Crippen molar-refractivity contribution in [2.75, 3.05) is 17.3 Å². The van der Waals surface area contributed by atoms with Crippen molar-refractivity contribution in [3.63, 3.8) is 0 Å². The summed E-state index contributed by atoms with van der Waals surface area (Å²) in [7, 11) is 1.65. The average Bonchev–Trinajstić information content (AvgIpc) is 3.43. The van der Waals surface area contributed by atoms with Gasteiger partial charge in [0.05, 0.1) is 22.7 Å². The van der Waals surface area contributed by atoms with Crippen molar-refractivity contribution in [2.45, 2.75) is 38.6 Å². The highest BCUT2D eigenvalue weighted by Gasteiger charge is 2.28. The van der Waals surface area contributed by atoms with E-state index in [1.165, 1.54) is 17.0 Å². The molecule has 0 aliphatic heterocycles. The fourth-order valence-electron chi connectivity index (χ4n) is 4.34. The number of hydrogen-bond donors (Lipinski definition) is 2. The Morgan fingerprint density at radius 1 is 1.22 bits per heavy atom. The van der Waals surface area contributed by atoms with Crippen LogP contribution in [0.5, 0.6) is 0 Å². The Hall–Kier alpha value is -4.52. The normalized spacial score (nSPS) is 15.0. The number of nitrogens with two attached hydrogens (primary N) is 1. The first-order valence-corrected chi connectivity index (χ1v) is 11.7. The van der Waals surface area contributed by atoms with E-state index in [1.807, 2.05) is 6.07 Å². The summed E-state index contributed by atoms with van der Waals surface area (Å²) in [6.45, 7) is 0.201. The topological polar surface area (TPSA) is 151 Å². The standard InChI is InChI=1S/C26H26N6O4/c1-31(24(35)13-18-3-2-4-22(18)33)19-9-10-21-20(14-19)29-26(32(21)12-11-23(28)34)30-25(36)17-7-5-16(15-27)6-8-17/h5-10,14,18H,2-4,11-13H2,1H3,(H2,28,34)(H,29,30,36). The van der Waals surface area contributed by atoms with E-state index in [4.69, 9.17) is 11.0 Å². The van der Waals surface area contributed by atoms with E-state index >= 15 is 0 Å². The number of rotatable bonds is 8. The molecule has 0 spiro atoms. The second-order valence-electron chi connectivity index (χ2n) is 8.83. The lowest BCUT2D eigenvalue weighted by Gasteiger charge is -2.19. The summed E-state index contributed by atoms with van der Waals surface area (Å²) in [6, 6.07) is 13.4. The molecule has 0 bridgehead atoms. The van der Waals surface area contributed by atoms with Crippen molar-refractivity contribution in [2.24, 2.45) is 11.7 Å². The number of aromatic nitrogens is 2. The number of amides is 3. The number of ketones is 1. The summed E-state index contributed by atoms with van der Waals surface area (Å²) in [5.41, 5.74) is 7.89. The summed E-state index contributed by atoms with van der Waals surface area (Å²) in [5.74, 6) is -0.933. The van der Waals surface area contributed by atoms with Crippen LogP contribution < -0.4 is 16.0 Å². The van der Waals surface area contributed by atoms with E-state index in [-0.39, 0.29) is 42.9 Å². The van der Waals surface area contributed by atoms with Gasteiger partial charge in [0.25, 0.3) is 5.91 Å². The number of Topliss-reactive ketones (excluding diaryl/α,β-unsaturated/α-hetero) is 1. The van der Waals surface area contributed by atoms with Crippen molar-refractivity contribution in [3.8, 4) is 6.07 Å². The Morgan fingerprint density at radius 2 is 1.97 bits per heavy atom. The number of aryl methyl sites for hydroxylation is 1. The van der Waals surface area contributed by atoms with Gasteiger partial charge in [0.1, 0.15) is 5.78 Å². The first-order chi connectivity index (χ1) is 17.3. The summed E-state index contributed by atoms with van der Waals surface area (Å²) in [4.78, 5) is 55.0. The minimum atomic E-state index is -0.496. The van der Waals surface area contributed by atoms with E-state index in [1.54, 1.807) is 41.9 Å². The van der Waals surface area contributed by atoms with Crippen molar-refractivity contribution in [1.29, 1.82) is 5.26 Å². The second kappa shape index (κ2) is 10.4. The van der Waals surface area contributed by atoms with Crippen molar-refractivity contribution >= 4 is 46.2 Å². The van der Waals surface area contributed by atoms with Crippen LogP contribution in [0.3, 0.4) is 0 Å². The van der Waals surface area contributed by atoms with E-state index in [0.29, 0.717) is 34.3 Å². The van der Waals surface area contributed by atoms with Crippen molar-refractivity contribution < 1.29 is 19.2 Å². The zero-order valence-corrected chi connectivity index (χ0v) is 19.9. The number of anilines is 2. The molecule has 3 aromatic rings. The maximum Gasteiger partial charge on any atom is 0.257 e. The lowest BCUT2D eigenvalue weighted by atomic mass is 10.0. The molecule has 1 aliphatic rings. The Morgan fingerprint density at radius 3 is 2.61 bits per heavy atom. The van der Waals surface area contributed by atoms with Crippen LogP contribution in [0.2, 0.25) is 0 Å². The number of primary amides is 1. The van der Waals surface area contributed by atoms with Gasteiger partial charge in [-0.25, -0.2) is 4.98 Å². The molecule has 3 amide bonds. The fraction of sp³-hybridized carbons (Fsp3) is 0.308. The van der Waals surface area contributed by atoms with Gasteiger partial charge in [-0.05, 0) is 55.3 Å². The lowest BCUT2D eigenvalue weighted by Crippen LogP contribution is -2.29. The third-order valence-corrected chi connectivity index (χ3v) is 6.43. The minimum Gasteiger partial charge on any atom is -0.370 e. The van der Waals surface area contributed by atoms with Crippen LogP contribution in [0, 0.1) is 17.2 Å². The quantitative estimate of drug-likeness (QED) is 0.500. The number of imidazole rings is 1. The SMILES string of the molecule is CN(C(=O)CC1CCCC1=O)c1ccc2c(c1)nc(NC(=O)c1ccc(C#N)cc1)n2CCC(N)=O. The molecule has 0 saturated heterocycles. The van der Waals surface area contributed by atoms with Gasteiger partial charge in [0, 0.05) is 50.0 Å². The van der Waals surface area contributed by atoms with Crippen LogP contribution in [0.4, 0.5) is 11.6 Å². The molecule has 3 N–H and O–H groups in total. The van der Waals surface area contributed by atoms with Gasteiger partial charge < -0.3 is 15.2 Å². The highest BCUT2D eigenvalue weighted by Crippen LogP contribution is 2.28. The average molecular weight is 487 g/mol. The first kappa shape index (κ1) is 24.6. The molecule has 4 rings (SSSR count). The van der Waals surface area contributed by atoms with Crippen LogP contribution >= 0.6 is 0 Å². The molecule has 1 aliphatic carbocycles.